The molecule has 1 aromatic carbocycles. The van der Waals surface area contributed by atoms with E-state index in [9.17, 15) is 0 Å². The molecule has 0 saturated carbocycles. The van der Waals surface area contributed by atoms with Gasteiger partial charge in [0.05, 0.1) is 16.3 Å². The van der Waals surface area contributed by atoms with E-state index in [2.05, 4.69) is 10.1 Å². The minimum Gasteiger partial charge on any atom is -0.397 e. The molecule has 0 fully saturated rings. The molecule has 90 valence electrons. The van der Waals surface area contributed by atoms with Crippen LogP contribution < -0.4 is 10.6 Å². The van der Waals surface area contributed by atoms with Gasteiger partial charge in [-0.15, -0.1) is 0 Å². The SMILES string of the molecule is CCN(C)c1noc(-c2cccc(Cl)c2N)n1. The second-order valence-electron chi connectivity index (χ2n) is 3.61. The monoisotopic (exact) mass is 252 g/mol. The number of benzene rings is 1. The molecule has 2 aromatic rings. The van der Waals surface area contributed by atoms with Gasteiger partial charge in [-0.3, -0.25) is 0 Å². The zero-order valence-electron chi connectivity index (χ0n) is 9.64. The highest BCUT2D eigenvalue weighted by molar-refractivity contribution is 6.33. The van der Waals surface area contributed by atoms with E-state index in [0.717, 1.165) is 6.54 Å². The molecule has 2 rings (SSSR count). The van der Waals surface area contributed by atoms with E-state index in [0.29, 0.717) is 28.1 Å². The number of nitrogen functional groups attached to an aromatic ring is 1. The van der Waals surface area contributed by atoms with Crippen molar-refractivity contribution >= 4 is 23.2 Å². The first-order chi connectivity index (χ1) is 8.13. The largest absolute Gasteiger partial charge is 0.397 e. The molecule has 0 bridgehead atoms. The molecule has 0 aliphatic heterocycles. The maximum atomic E-state index is 5.94. The fourth-order valence-electron chi connectivity index (χ4n) is 1.35. The standard InChI is InChI=1S/C11H13ClN4O/c1-3-16(2)11-14-10(17-15-11)7-5-4-6-8(12)9(7)13/h4-6H,3,13H2,1-2H3. The van der Waals surface area contributed by atoms with Gasteiger partial charge in [0.2, 0.25) is 0 Å². The van der Waals surface area contributed by atoms with Crippen LogP contribution in [0.2, 0.25) is 5.02 Å². The molecule has 0 amide bonds. The number of nitrogens with zero attached hydrogens (tertiary/aromatic N) is 3. The van der Waals surface area contributed by atoms with Crippen molar-refractivity contribution in [3.05, 3.63) is 23.2 Å². The van der Waals surface area contributed by atoms with Crippen LogP contribution in [-0.4, -0.2) is 23.7 Å². The maximum absolute atomic E-state index is 5.94. The smallest absolute Gasteiger partial charge is 0.266 e. The first kappa shape index (κ1) is 11.7. The number of rotatable bonds is 3. The number of nitrogens with two attached hydrogens (primary N) is 1. The summed E-state index contributed by atoms with van der Waals surface area (Å²) in [5.41, 5.74) is 6.96. The Morgan fingerprint density at radius 1 is 1.47 bits per heavy atom. The zero-order chi connectivity index (χ0) is 12.4. The highest BCUT2D eigenvalue weighted by atomic mass is 35.5. The number of halogens is 1. The molecule has 0 aliphatic rings. The van der Waals surface area contributed by atoms with Crippen molar-refractivity contribution in [3.63, 3.8) is 0 Å². The fraction of sp³-hybridized carbons (Fsp3) is 0.273. The maximum Gasteiger partial charge on any atom is 0.266 e. The molecule has 0 saturated heterocycles. The van der Waals surface area contributed by atoms with Gasteiger partial charge >= 0.3 is 0 Å². The Hall–Kier alpha value is -1.75. The third kappa shape index (κ3) is 2.19. The molecular weight excluding hydrogens is 240 g/mol. The van der Waals surface area contributed by atoms with Gasteiger partial charge in [0.1, 0.15) is 0 Å². The van der Waals surface area contributed by atoms with E-state index < -0.39 is 0 Å². The Bertz CT molecular complexity index is 526. The van der Waals surface area contributed by atoms with Crippen LogP contribution in [0.5, 0.6) is 0 Å². The molecule has 0 unspecified atom stereocenters. The molecular formula is C11H13ClN4O. The number of hydrogen-bond acceptors (Lipinski definition) is 5. The van der Waals surface area contributed by atoms with Crippen LogP contribution in [0.4, 0.5) is 11.6 Å². The second-order valence-corrected chi connectivity index (χ2v) is 4.02. The third-order valence-corrected chi connectivity index (χ3v) is 2.84. The van der Waals surface area contributed by atoms with Crippen LogP contribution in [0, 0.1) is 0 Å². The van der Waals surface area contributed by atoms with E-state index >= 15 is 0 Å². The summed E-state index contributed by atoms with van der Waals surface area (Å²) < 4.78 is 5.17. The Balaban J connectivity index is 2.40. The van der Waals surface area contributed by atoms with Crippen LogP contribution in [0.25, 0.3) is 11.5 Å². The van der Waals surface area contributed by atoms with Crippen molar-refractivity contribution < 1.29 is 4.52 Å². The summed E-state index contributed by atoms with van der Waals surface area (Å²) >= 11 is 5.94. The quantitative estimate of drug-likeness (QED) is 0.850. The number of aromatic nitrogens is 2. The van der Waals surface area contributed by atoms with Crippen molar-refractivity contribution in [2.24, 2.45) is 0 Å². The Morgan fingerprint density at radius 3 is 2.94 bits per heavy atom. The summed E-state index contributed by atoms with van der Waals surface area (Å²) in [6.07, 6.45) is 0. The third-order valence-electron chi connectivity index (χ3n) is 2.51. The van der Waals surface area contributed by atoms with Gasteiger partial charge in [0.25, 0.3) is 11.8 Å². The van der Waals surface area contributed by atoms with Crippen molar-refractivity contribution in [3.8, 4) is 11.5 Å². The van der Waals surface area contributed by atoms with E-state index in [-0.39, 0.29) is 0 Å². The van der Waals surface area contributed by atoms with Crippen molar-refractivity contribution in [1.82, 2.24) is 10.1 Å². The average Bonchev–Trinajstić information content (AvgIpc) is 2.81. The molecule has 0 aliphatic carbocycles. The predicted molar refractivity (Wildman–Crippen MR) is 68.1 cm³/mol. The highest BCUT2D eigenvalue weighted by Gasteiger charge is 2.14. The minimum absolute atomic E-state index is 0.375. The Labute approximate surface area is 104 Å². The van der Waals surface area contributed by atoms with E-state index in [1.165, 1.54) is 0 Å². The molecule has 2 N–H and O–H groups in total. The van der Waals surface area contributed by atoms with Gasteiger partial charge in [-0.05, 0) is 24.2 Å². The van der Waals surface area contributed by atoms with Gasteiger partial charge in [-0.1, -0.05) is 17.7 Å². The summed E-state index contributed by atoms with van der Waals surface area (Å²) in [5, 5.41) is 4.35. The molecule has 0 radical (unpaired) electrons. The molecule has 17 heavy (non-hydrogen) atoms. The molecule has 0 spiro atoms. The predicted octanol–water partition coefficient (Wildman–Crippen LogP) is 2.43. The zero-order valence-corrected chi connectivity index (χ0v) is 10.4. The van der Waals surface area contributed by atoms with Gasteiger partial charge in [0.15, 0.2) is 0 Å². The summed E-state index contributed by atoms with van der Waals surface area (Å²) in [7, 11) is 1.88. The summed E-state index contributed by atoms with van der Waals surface area (Å²) in [6.45, 7) is 2.80. The van der Waals surface area contributed by atoms with Crippen molar-refractivity contribution in [1.29, 1.82) is 0 Å². The van der Waals surface area contributed by atoms with Crippen molar-refractivity contribution in [2.45, 2.75) is 6.92 Å². The van der Waals surface area contributed by atoms with E-state index in [4.69, 9.17) is 21.9 Å². The first-order valence-electron chi connectivity index (χ1n) is 5.22. The summed E-state index contributed by atoms with van der Waals surface area (Å²) in [6, 6.07) is 5.31. The fourth-order valence-corrected chi connectivity index (χ4v) is 1.52. The lowest BCUT2D eigenvalue weighted by atomic mass is 10.2. The van der Waals surface area contributed by atoms with Crippen LogP contribution in [0.15, 0.2) is 22.7 Å². The number of hydrogen-bond donors (Lipinski definition) is 1. The molecule has 6 heteroatoms. The first-order valence-corrected chi connectivity index (χ1v) is 5.60. The van der Waals surface area contributed by atoms with E-state index in [1.54, 1.807) is 18.2 Å². The highest BCUT2D eigenvalue weighted by Crippen LogP contribution is 2.30. The number of para-hydroxylation sites is 1. The van der Waals surface area contributed by atoms with Crippen LogP contribution in [-0.2, 0) is 0 Å². The van der Waals surface area contributed by atoms with Gasteiger partial charge in [0, 0.05) is 13.6 Å². The molecule has 5 nitrogen and oxygen atoms in total. The lowest BCUT2D eigenvalue weighted by Crippen LogP contribution is -2.16. The molecule has 1 heterocycles. The normalized spacial score (nSPS) is 10.5. The molecule has 1 aromatic heterocycles. The van der Waals surface area contributed by atoms with Crippen LogP contribution in [0.3, 0.4) is 0 Å². The van der Waals surface area contributed by atoms with E-state index in [1.807, 2.05) is 18.9 Å². The summed E-state index contributed by atoms with van der Waals surface area (Å²) in [4.78, 5) is 6.13. The van der Waals surface area contributed by atoms with Gasteiger partial charge in [-0.2, -0.15) is 4.98 Å². The van der Waals surface area contributed by atoms with Crippen LogP contribution >= 0.6 is 11.6 Å². The Kier molecular flexibility index (Phi) is 3.19. The number of anilines is 2. The lowest BCUT2D eigenvalue weighted by Gasteiger charge is -2.08. The summed E-state index contributed by atoms with van der Waals surface area (Å²) in [5.74, 6) is 0.905. The molecule has 0 atom stereocenters. The minimum atomic E-state index is 0.375. The van der Waals surface area contributed by atoms with Gasteiger partial charge < -0.3 is 15.2 Å². The van der Waals surface area contributed by atoms with Gasteiger partial charge in [-0.25, -0.2) is 0 Å². The average molecular weight is 253 g/mol. The van der Waals surface area contributed by atoms with Crippen molar-refractivity contribution in [2.75, 3.05) is 24.2 Å². The second kappa shape index (κ2) is 4.63. The van der Waals surface area contributed by atoms with Crippen LogP contribution in [0.1, 0.15) is 6.92 Å². The topological polar surface area (TPSA) is 68.2 Å². The lowest BCUT2D eigenvalue weighted by molar-refractivity contribution is 0.430. The Morgan fingerprint density at radius 2 is 2.24 bits per heavy atom.